The van der Waals surface area contributed by atoms with E-state index >= 15 is 0 Å². The lowest BCUT2D eigenvalue weighted by molar-refractivity contribution is -0.118. The molecule has 2 amide bonds. The highest BCUT2D eigenvalue weighted by molar-refractivity contribution is 5.96. The van der Waals surface area contributed by atoms with E-state index in [1.54, 1.807) is 18.2 Å². The van der Waals surface area contributed by atoms with Gasteiger partial charge in [0.15, 0.2) is 6.61 Å². The molecular formula is C22H28N2O3. The molecule has 0 heterocycles. The summed E-state index contributed by atoms with van der Waals surface area (Å²) in [5.74, 6) is 0.00905. The number of primary amides is 1. The van der Waals surface area contributed by atoms with Crippen molar-refractivity contribution in [2.45, 2.75) is 46.5 Å². The van der Waals surface area contributed by atoms with E-state index in [0.29, 0.717) is 5.75 Å². The zero-order chi connectivity index (χ0) is 20.1. The summed E-state index contributed by atoms with van der Waals surface area (Å²) in [6.07, 6.45) is 0. The molecule has 0 unspecified atom stereocenters. The van der Waals surface area contributed by atoms with Gasteiger partial charge in [-0.1, -0.05) is 52.0 Å². The minimum Gasteiger partial charge on any atom is -0.483 e. The van der Waals surface area contributed by atoms with Crippen LogP contribution in [-0.2, 0) is 4.79 Å². The van der Waals surface area contributed by atoms with E-state index in [0.717, 1.165) is 22.4 Å². The van der Waals surface area contributed by atoms with Gasteiger partial charge in [-0.15, -0.1) is 0 Å². The van der Waals surface area contributed by atoms with Gasteiger partial charge in [0, 0.05) is 5.69 Å². The van der Waals surface area contributed by atoms with Crippen LogP contribution in [0.4, 0.5) is 5.69 Å². The highest BCUT2D eigenvalue weighted by atomic mass is 16.5. The lowest BCUT2D eigenvalue weighted by Gasteiger charge is -2.20. The lowest BCUT2D eigenvalue weighted by Crippen LogP contribution is -2.23. The Morgan fingerprint density at radius 1 is 1.04 bits per heavy atom. The second kappa shape index (κ2) is 8.71. The zero-order valence-electron chi connectivity index (χ0n) is 16.6. The number of aryl methyl sites for hydroxylation is 1. The Morgan fingerprint density at radius 2 is 1.63 bits per heavy atom. The molecule has 0 aliphatic carbocycles. The number of anilines is 1. The topological polar surface area (TPSA) is 81.4 Å². The molecule has 5 heteroatoms. The average molecular weight is 368 g/mol. The van der Waals surface area contributed by atoms with Crippen molar-refractivity contribution in [3.05, 3.63) is 58.7 Å². The first-order valence-corrected chi connectivity index (χ1v) is 9.16. The number of benzene rings is 2. The number of nitrogens with one attached hydrogen (secondary N) is 1. The van der Waals surface area contributed by atoms with E-state index in [9.17, 15) is 9.59 Å². The molecule has 5 nitrogen and oxygen atoms in total. The first kappa shape index (κ1) is 20.5. The summed E-state index contributed by atoms with van der Waals surface area (Å²) in [5.41, 5.74) is 9.58. The van der Waals surface area contributed by atoms with E-state index in [4.69, 9.17) is 10.5 Å². The molecule has 27 heavy (non-hydrogen) atoms. The zero-order valence-corrected chi connectivity index (χ0v) is 16.6. The van der Waals surface area contributed by atoms with Crippen LogP contribution in [0.15, 0.2) is 36.4 Å². The van der Waals surface area contributed by atoms with Gasteiger partial charge in [-0.2, -0.15) is 0 Å². The highest BCUT2D eigenvalue weighted by Gasteiger charge is 2.17. The molecule has 2 aromatic carbocycles. The normalized spacial score (nSPS) is 10.9. The maximum atomic E-state index is 12.5. The van der Waals surface area contributed by atoms with E-state index in [-0.39, 0.29) is 29.9 Å². The quantitative estimate of drug-likeness (QED) is 0.762. The van der Waals surface area contributed by atoms with Gasteiger partial charge in [-0.25, -0.2) is 0 Å². The van der Waals surface area contributed by atoms with Crippen LogP contribution in [0, 0.1) is 6.92 Å². The fraction of sp³-hybridized carbons (Fsp3) is 0.364. The van der Waals surface area contributed by atoms with Crippen molar-refractivity contribution in [3.8, 4) is 5.75 Å². The number of nitrogens with two attached hydrogens (primary N) is 1. The molecule has 0 atom stereocenters. The molecule has 0 spiro atoms. The first-order chi connectivity index (χ1) is 12.7. The monoisotopic (exact) mass is 368 g/mol. The number of carbonyl (C=O) groups excluding carboxylic acids is 2. The Labute approximate surface area is 160 Å². The van der Waals surface area contributed by atoms with Crippen molar-refractivity contribution in [1.82, 2.24) is 0 Å². The summed E-state index contributed by atoms with van der Waals surface area (Å²) in [4.78, 5) is 24.1. The summed E-state index contributed by atoms with van der Waals surface area (Å²) in [6, 6.07) is 11.2. The van der Waals surface area contributed by atoms with E-state index < -0.39 is 5.91 Å². The molecule has 144 valence electrons. The smallest absolute Gasteiger partial charge is 0.262 e. The third kappa shape index (κ3) is 5.09. The first-order valence-electron chi connectivity index (χ1n) is 9.16. The van der Waals surface area contributed by atoms with Crippen molar-refractivity contribution in [2.24, 2.45) is 5.73 Å². The number of amides is 2. The summed E-state index contributed by atoms with van der Waals surface area (Å²) in [6.45, 7) is 10.1. The Morgan fingerprint density at radius 3 is 2.15 bits per heavy atom. The van der Waals surface area contributed by atoms with Gasteiger partial charge in [0.1, 0.15) is 5.75 Å². The highest BCUT2D eigenvalue weighted by Crippen LogP contribution is 2.32. The largest absolute Gasteiger partial charge is 0.483 e. The number of hydrogen-bond acceptors (Lipinski definition) is 3. The van der Waals surface area contributed by atoms with Crippen molar-refractivity contribution in [2.75, 3.05) is 11.9 Å². The van der Waals surface area contributed by atoms with Gasteiger partial charge >= 0.3 is 0 Å². The van der Waals surface area contributed by atoms with Crippen molar-refractivity contribution < 1.29 is 14.3 Å². The molecule has 2 rings (SSSR count). The molecule has 0 saturated carbocycles. The van der Waals surface area contributed by atoms with Crippen molar-refractivity contribution >= 4 is 17.5 Å². The molecule has 0 bridgehead atoms. The summed E-state index contributed by atoms with van der Waals surface area (Å²) >= 11 is 0. The minimum absolute atomic E-state index is 0.201. The molecule has 0 saturated heterocycles. The Bertz CT molecular complexity index is 815. The fourth-order valence-electron chi connectivity index (χ4n) is 2.97. The van der Waals surface area contributed by atoms with Gasteiger partial charge in [0.2, 0.25) is 0 Å². The molecule has 2 aromatic rings. The van der Waals surface area contributed by atoms with Gasteiger partial charge < -0.3 is 15.8 Å². The predicted molar refractivity (Wildman–Crippen MR) is 108 cm³/mol. The fourth-order valence-corrected chi connectivity index (χ4v) is 2.97. The van der Waals surface area contributed by atoms with Crippen molar-refractivity contribution in [3.63, 3.8) is 0 Å². The third-order valence-electron chi connectivity index (χ3n) is 4.40. The SMILES string of the molecule is Cc1ccc(C(N)=O)c(OCC(=O)Nc2c(C(C)C)cccc2C(C)C)c1. The lowest BCUT2D eigenvalue weighted by atomic mass is 9.92. The van der Waals surface area contributed by atoms with Crippen LogP contribution < -0.4 is 15.8 Å². The van der Waals surface area contributed by atoms with Crippen LogP contribution in [0.5, 0.6) is 5.75 Å². The second-order valence-electron chi connectivity index (χ2n) is 7.32. The van der Waals surface area contributed by atoms with Gasteiger partial charge in [-0.05, 0) is 47.6 Å². The Balaban J connectivity index is 2.20. The maximum Gasteiger partial charge on any atom is 0.262 e. The van der Waals surface area contributed by atoms with Crippen molar-refractivity contribution in [1.29, 1.82) is 0 Å². The Kier molecular flexibility index (Phi) is 6.61. The molecule has 0 aliphatic rings. The third-order valence-corrected chi connectivity index (χ3v) is 4.40. The number of para-hydroxylation sites is 1. The minimum atomic E-state index is -0.586. The molecule has 3 N–H and O–H groups in total. The van der Waals surface area contributed by atoms with E-state index in [1.165, 1.54) is 0 Å². The van der Waals surface area contributed by atoms with Gasteiger partial charge in [0.05, 0.1) is 5.56 Å². The Hall–Kier alpha value is -2.82. The molecule has 0 fully saturated rings. The van der Waals surface area contributed by atoms with Crippen LogP contribution in [0.25, 0.3) is 0 Å². The molecule has 0 aromatic heterocycles. The van der Waals surface area contributed by atoms with Crippen LogP contribution in [0.2, 0.25) is 0 Å². The number of hydrogen-bond donors (Lipinski definition) is 2. The summed E-state index contributed by atoms with van der Waals surface area (Å²) < 4.78 is 5.60. The number of carbonyl (C=O) groups is 2. The number of rotatable bonds is 7. The van der Waals surface area contributed by atoms with Crippen LogP contribution in [0.3, 0.4) is 0 Å². The average Bonchev–Trinajstić information content (AvgIpc) is 2.59. The second-order valence-corrected chi connectivity index (χ2v) is 7.32. The molecule has 0 aliphatic heterocycles. The van der Waals surface area contributed by atoms with Crippen LogP contribution in [-0.4, -0.2) is 18.4 Å². The maximum absolute atomic E-state index is 12.5. The summed E-state index contributed by atoms with van der Waals surface area (Å²) in [5, 5.41) is 3.00. The van der Waals surface area contributed by atoms with E-state index in [1.807, 2.05) is 25.1 Å². The van der Waals surface area contributed by atoms with Gasteiger partial charge in [0.25, 0.3) is 11.8 Å². The molecular weight excluding hydrogens is 340 g/mol. The van der Waals surface area contributed by atoms with Crippen LogP contribution in [0.1, 0.15) is 66.6 Å². The molecule has 0 radical (unpaired) electrons. The number of ether oxygens (including phenoxy) is 1. The predicted octanol–water partition coefficient (Wildman–Crippen LogP) is 4.36. The standard InChI is InChI=1S/C22H28N2O3/c1-13(2)16-7-6-8-17(14(3)4)21(16)24-20(25)12-27-19-11-15(5)9-10-18(19)22(23)26/h6-11,13-14H,12H2,1-5H3,(H2,23,26)(H,24,25). The van der Waals surface area contributed by atoms with Gasteiger partial charge in [-0.3, -0.25) is 9.59 Å². The summed E-state index contributed by atoms with van der Waals surface area (Å²) in [7, 11) is 0. The van der Waals surface area contributed by atoms with Crippen LogP contribution >= 0.6 is 0 Å². The van der Waals surface area contributed by atoms with E-state index in [2.05, 4.69) is 33.0 Å².